The second kappa shape index (κ2) is 14.6. The van der Waals surface area contributed by atoms with E-state index in [9.17, 15) is 19.8 Å². The van der Waals surface area contributed by atoms with E-state index in [2.05, 4.69) is 4.98 Å². The molecule has 0 unspecified atom stereocenters. The van der Waals surface area contributed by atoms with Gasteiger partial charge >= 0.3 is 59.1 Å². The van der Waals surface area contributed by atoms with Gasteiger partial charge in [0.05, 0.1) is 24.7 Å². The van der Waals surface area contributed by atoms with Crippen LogP contribution in [0.5, 0.6) is 5.75 Å². The summed E-state index contributed by atoms with van der Waals surface area (Å²) in [7, 11) is 0. The molecule has 1 heterocycles. The average Bonchev–Trinajstić information content (AvgIpc) is 3.33. The van der Waals surface area contributed by atoms with Crippen molar-refractivity contribution in [3.8, 4) is 28.5 Å². The first-order valence-electron chi connectivity index (χ1n) is 11.1. The van der Waals surface area contributed by atoms with Crippen LogP contribution in [-0.2, 0) is 9.59 Å². The molecule has 0 aliphatic rings. The van der Waals surface area contributed by atoms with Gasteiger partial charge in [0.1, 0.15) is 5.75 Å². The topological polar surface area (TPSA) is 116 Å². The van der Waals surface area contributed by atoms with Gasteiger partial charge < -0.3 is 29.0 Å². The Balaban J connectivity index is 0.00000228. The Morgan fingerprint density at radius 2 is 1.53 bits per heavy atom. The quantitative estimate of drug-likeness (QED) is 0.124. The fraction of sp³-hybridized carbons (Fsp3) is 0.222. The van der Waals surface area contributed by atoms with E-state index in [1.165, 1.54) is 0 Å². The second-order valence-corrected chi connectivity index (χ2v) is 8.01. The van der Waals surface area contributed by atoms with Crippen molar-refractivity contribution in [1.29, 1.82) is 0 Å². The molecule has 0 saturated heterocycles. The summed E-state index contributed by atoms with van der Waals surface area (Å²) < 4.78 is 11.7. The number of benzene rings is 3. The molecule has 0 spiro atoms. The number of carboxylic acid groups (broad SMARTS) is 2. The molecule has 3 aromatic carbocycles. The van der Waals surface area contributed by atoms with E-state index < -0.39 is 17.9 Å². The van der Waals surface area contributed by atoms with Crippen molar-refractivity contribution < 1.29 is 88.1 Å². The molecule has 0 aliphatic heterocycles. The fourth-order valence-electron chi connectivity index (χ4n) is 3.74. The predicted octanol–water partition coefficient (Wildman–Crippen LogP) is -2.77. The van der Waals surface area contributed by atoms with Crippen LogP contribution in [0.4, 0.5) is 0 Å². The van der Waals surface area contributed by atoms with E-state index in [1.807, 2.05) is 66.7 Å². The fourth-order valence-corrected chi connectivity index (χ4v) is 3.74. The number of unbranched alkanes of at least 4 members (excludes halogenated alkanes) is 2. The molecule has 0 N–H and O–H groups in total. The van der Waals surface area contributed by atoms with Crippen LogP contribution in [0, 0.1) is 5.92 Å². The van der Waals surface area contributed by atoms with Crippen molar-refractivity contribution >= 4 is 22.7 Å². The third-order valence-electron chi connectivity index (χ3n) is 5.60. The van der Waals surface area contributed by atoms with Crippen LogP contribution in [0.15, 0.2) is 77.3 Å². The van der Waals surface area contributed by atoms with Gasteiger partial charge in [-0.15, -0.1) is 0 Å². The molecule has 0 radical (unpaired) electrons. The maximum absolute atomic E-state index is 10.7. The number of hydrogen-bond donors (Lipinski definition) is 0. The SMILES string of the molecule is O=C([O-])C(CCCCCOc1ccc2cc(-c3ncc(-c4ccccc4)o3)ccc2c1)C(=O)[O-].[Na+].[Na+]. The third-order valence-corrected chi connectivity index (χ3v) is 5.60. The summed E-state index contributed by atoms with van der Waals surface area (Å²) in [6.07, 6.45) is 3.50. The molecule has 9 heteroatoms. The molecule has 174 valence electrons. The average molecular weight is 503 g/mol. The van der Waals surface area contributed by atoms with E-state index in [-0.39, 0.29) is 65.5 Å². The van der Waals surface area contributed by atoms with Crippen LogP contribution in [0.3, 0.4) is 0 Å². The van der Waals surface area contributed by atoms with Gasteiger partial charge in [0, 0.05) is 17.0 Å². The van der Waals surface area contributed by atoms with Crippen LogP contribution in [0.2, 0.25) is 0 Å². The van der Waals surface area contributed by atoms with Crippen LogP contribution in [-0.4, -0.2) is 23.5 Å². The van der Waals surface area contributed by atoms with Gasteiger partial charge in [-0.25, -0.2) is 4.98 Å². The Bertz CT molecular complexity index is 1280. The van der Waals surface area contributed by atoms with Crippen molar-refractivity contribution in [3.05, 3.63) is 72.9 Å². The second-order valence-electron chi connectivity index (χ2n) is 8.01. The van der Waals surface area contributed by atoms with Gasteiger partial charge in [0.15, 0.2) is 5.76 Å². The van der Waals surface area contributed by atoms with Gasteiger partial charge in [-0.1, -0.05) is 55.3 Å². The molecule has 0 amide bonds. The maximum Gasteiger partial charge on any atom is 1.00 e. The summed E-state index contributed by atoms with van der Waals surface area (Å²) in [4.78, 5) is 25.9. The number of carbonyl (C=O) groups excluding carboxylic acids is 2. The first-order chi connectivity index (χ1) is 16.5. The van der Waals surface area contributed by atoms with Crippen LogP contribution in [0.1, 0.15) is 25.7 Å². The zero-order valence-corrected chi connectivity index (χ0v) is 24.4. The summed E-state index contributed by atoms with van der Waals surface area (Å²) in [6, 6.07) is 21.6. The Hall–Kier alpha value is -2.13. The molecule has 0 atom stereocenters. The van der Waals surface area contributed by atoms with Gasteiger partial charge in [0.2, 0.25) is 5.89 Å². The molecule has 36 heavy (non-hydrogen) atoms. The number of oxazole rings is 1. The van der Waals surface area contributed by atoms with Crippen molar-refractivity contribution in [2.24, 2.45) is 5.92 Å². The molecule has 4 rings (SSSR count). The molecule has 0 saturated carbocycles. The zero-order valence-electron chi connectivity index (χ0n) is 20.4. The molecule has 0 fully saturated rings. The van der Waals surface area contributed by atoms with Crippen LogP contribution in [0.25, 0.3) is 33.6 Å². The van der Waals surface area contributed by atoms with Gasteiger partial charge in [0.25, 0.3) is 0 Å². The Kier molecular flexibility index (Phi) is 12.2. The zero-order chi connectivity index (χ0) is 23.9. The van der Waals surface area contributed by atoms with Crippen molar-refractivity contribution in [1.82, 2.24) is 4.98 Å². The number of carboxylic acids is 2. The number of fused-ring (bicyclic) bond motifs is 1. The van der Waals surface area contributed by atoms with Gasteiger partial charge in [-0.2, -0.15) is 0 Å². The Morgan fingerprint density at radius 3 is 2.25 bits per heavy atom. The Morgan fingerprint density at radius 1 is 0.833 bits per heavy atom. The summed E-state index contributed by atoms with van der Waals surface area (Å²) in [6.45, 7) is 0.448. The van der Waals surface area contributed by atoms with Gasteiger partial charge in [-0.05, 0) is 47.9 Å². The largest absolute Gasteiger partial charge is 1.00 e. The summed E-state index contributed by atoms with van der Waals surface area (Å²) in [5.41, 5.74) is 1.86. The standard InChI is InChI=1S/C27H25NO6.2Na/c29-26(30)23(27(31)32)9-5-2-6-14-33-22-13-12-19-15-21(11-10-20(19)16-22)25-28-17-24(34-25)18-7-3-1-4-8-18;;/h1,3-4,7-8,10-13,15-17,23H,2,5-6,9,14H2,(H,29,30)(H,31,32);;/q;2*+1/p-2. The number of aromatic nitrogens is 1. The summed E-state index contributed by atoms with van der Waals surface area (Å²) >= 11 is 0. The minimum atomic E-state index is -1.60. The minimum absolute atomic E-state index is 0. The maximum atomic E-state index is 10.7. The minimum Gasteiger partial charge on any atom is -0.549 e. The number of carbonyl (C=O) groups is 2. The Labute approximate surface area is 253 Å². The molecular formula is C27H23NNa2O6. The monoisotopic (exact) mass is 503 g/mol. The van der Waals surface area contributed by atoms with E-state index in [1.54, 1.807) is 6.20 Å². The smallest absolute Gasteiger partial charge is 0.549 e. The van der Waals surface area contributed by atoms with Gasteiger partial charge in [-0.3, -0.25) is 0 Å². The number of nitrogens with zero attached hydrogens (tertiary/aromatic N) is 1. The first-order valence-corrected chi connectivity index (χ1v) is 11.1. The van der Waals surface area contributed by atoms with Crippen LogP contribution >= 0.6 is 0 Å². The van der Waals surface area contributed by atoms with E-state index in [0.29, 0.717) is 37.5 Å². The molecule has 4 aromatic rings. The molecule has 0 aliphatic carbocycles. The normalized spacial score (nSPS) is 10.5. The number of ether oxygens (including phenoxy) is 1. The number of hydrogen-bond acceptors (Lipinski definition) is 7. The number of aliphatic carboxylic acids is 2. The van der Waals surface area contributed by atoms with E-state index >= 15 is 0 Å². The van der Waals surface area contributed by atoms with Crippen LogP contribution < -0.4 is 74.1 Å². The predicted molar refractivity (Wildman–Crippen MR) is 122 cm³/mol. The number of rotatable bonds is 11. The van der Waals surface area contributed by atoms with Crippen molar-refractivity contribution in [2.75, 3.05) is 6.61 Å². The van der Waals surface area contributed by atoms with E-state index in [0.717, 1.165) is 27.6 Å². The third kappa shape index (κ3) is 7.93. The van der Waals surface area contributed by atoms with E-state index in [4.69, 9.17) is 9.15 Å². The molecule has 0 bridgehead atoms. The molecule has 7 nitrogen and oxygen atoms in total. The summed E-state index contributed by atoms with van der Waals surface area (Å²) in [5.74, 6) is -2.77. The molecule has 1 aromatic heterocycles. The first kappa shape index (κ1) is 30.1. The van der Waals surface area contributed by atoms with Crippen molar-refractivity contribution in [3.63, 3.8) is 0 Å². The summed E-state index contributed by atoms with van der Waals surface area (Å²) in [5, 5.41) is 23.5. The molecular weight excluding hydrogens is 480 g/mol. The van der Waals surface area contributed by atoms with Crippen molar-refractivity contribution in [2.45, 2.75) is 25.7 Å².